The van der Waals surface area contributed by atoms with Gasteiger partial charge in [-0.15, -0.1) is 11.7 Å². The van der Waals surface area contributed by atoms with E-state index in [4.69, 9.17) is 0 Å². The SMILES string of the molecule is OC1CCN(c2ncccc2SS)C1. The summed E-state index contributed by atoms with van der Waals surface area (Å²) >= 11 is 4.18. The van der Waals surface area contributed by atoms with Gasteiger partial charge < -0.3 is 10.0 Å². The number of nitrogens with zero attached hydrogens (tertiary/aromatic N) is 2. The zero-order chi connectivity index (χ0) is 9.97. The van der Waals surface area contributed by atoms with E-state index in [1.165, 1.54) is 10.8 Å². The third-order valence-electron chi connectivity index (χ3n) is 2.31. The van der Waals surface area contributed by atoms with Crippen LogP contribution < -0.4 is 4.90 Å². The Bertz CT molecular complexity index is 321. The third-order valence-corrected chi connectivity index (χ3v) is 3.42. The summed E-state index contributed by atoms with van der Waals surface area (Å²) in [5.41, 5.74) is 0. The Hall–Kier alpha value is -0.390. The van der Waals surface area contributed by atoms with Crippen molar-refractivity contribution in [1.29, 1.82) is 0 Å². The monoisotopic (exact) mass is 228 g/mol. The Morgan fingerprint density at radius 3 is 3.14 bits per heavy atom. The summed E-state index contributed by atoms with van der Waals surface area (Å²) in [6.45, 7) is 1.55. The van der Waals surface area contributed by atoms with E-state index >= 15 is 0 Å². The highest BCUT2D eigenvalue weighted by Gasteiger charge is 2.22. The maximum atomic E-state index is 9.43. The van der Waals surface area contributed by atoms with E-state index in [-0.39, 0.29) is 6.10 Å². The molecule has 76 valence electrons. The van der Waals surface area contributed by atoms with E-state index in [9.17, 15) is 5.11 Å². The fourth-order valence-electron chi connectivity index (χ4n) is 1.63. The van der Waals surface area contributed by atoms with Gasteiger partial charge in [0.25, 0.3) is 0 Å². The summed E-state index contributed by atoms with van der Waals surface area (Å²) in [5, 5.41) is 9.43. The van der Waals surface area contributed by atoms with Crippen LogP contribution >= 0.6 is 22.5 Å². The Morgan fingerprint density at radius 2 is 2.50 bits per heavy atom. The highest BCUT2D eigenvalue weighted by atomic mass is 33.1. The van der Waals surface area contributed by atoms with Crippen LogP contribution in [0, 0.1) is 0 Å². The van der Waals surface area contributed by atoms with Gasteiger partial charge in [-0.05, 0) is 18.6 Å². The lowest BCUT2D eigenvalue weighted by Gasteiger charge is -2.18. The molecule has 1 aliphatic rings. The van der Waals surface area contributed by atoms with Crippen LogP contribution in [0.25, 0.3) is 0 Å². The Labute approximate surface area is 92.3 Å². The zero-order valence-electron chi connectivity index (χ0n) is 7.63. The molecular formula is C9H12N2OS2. The van der Waals surface area contributed by atoms with Crippen molar-refractivity contribution in [2.24, 2.45) is 0 Å². The smallest absolute Gasteiger partial charge is 0.143 e. The van der Waals surface area contributed by atoms with Crippen molar-refractivity contribution in [3.63, 3.8) is 0 Å². The largest absolute Gasteiger partial charge is 0.391 e. The van der Waals surface area contributed by atoms with Gasteiger partial charge in [-0.2, -0.15) is 0 Å². The lowest BCUT2D eigenvalue weighted by Crippen LogP contribution is -2.22. The van der Waals surface area contributed by atoms with Crippen molar-refractivity contribution in [2.75, 3.05) is 18.0 Å². The van der Waals surface area contributed by atoms with Gasteiger partial charge in [-0.25, -0.2) is 4.98 Å². The Kier molecular flexibility index (Phi) is 3.20. The second-order valence-electron chi connectivity index (χ2n) is 3.30. The van der Waals surface area contributed by atoms with Crippen LogP contribution in [0.15, 0.2) is 23.2 Å². The molecule has 0 aromatic carbocycles. The summed E-state index contributed by atoms with van der Waals surface area (Å²) in [7, 11) is 1.39. The van der Waals surface area contributed by atoms with Crippen molar-refractivity contribution in [1.82, 2.24) is 4.98 Å². The lowest BCUT2D eigenvalue weighted by atomic mass is 10.3. The maximum absolute atomic E-state index is 9.43. The van der Waals surface area contributed by atoms with Crippen LogP contribution in [0.3, 0.4) is 0 Å². The maximum Gasteiger partial charge on any atom is 0.143 e. The van der Waals surface area contributed by atoms with Crippen molar-refractivity contribution in [3.05, 3.63) is 18.3 Å². The van der Waals surface area contributed by atoms with Gasteiger partial charge in [-0.1, -0.05) is 10.8 Å². The number of rotatable bonds is 2. The van der Waals surface area contributed by atoms with Gasteiger partial charge in [0, 0.05) is 19.3 Å². The molecule has 1 aliphatic heterocycles. The topological polar surface area (TPSA) is 36.4 Å². The number of hydrogen-bond donors (Lipinski definition) is 2. The van der Waals surface area contributed by atoms with Gasteiger partial charge in [0.15, 0.2) is 0 Å². The normalized spacial score (nSPS) is 21.6. The molecule has 1 aromatic heterocycles. The molecule has 2 heterocycles. The highest BCUT2D eigenvalue weighted by molar-refractivity contribution is 8.68. The Balaban J connectivity index is 2.22. The van der Waals surface area contributed by atoms with Crippen molar-refractivity contribution in [3.8, 4) is 0 Å². The van der Waals surface area contributed by atoms with E-state index < -0.39 is 0 Å². The Morgan fingerprint density at radius 1 is 1.64 bits per heavy atom. The molecule has 1 fully saturated rings. The molecule has 0 aliphatic carbocycles. The number of pyridine rings is 1. The highest BCUT2D eigenvalue weighted by Crippen LogP contribution is 2.31. The summed E-state index contributed by atoms with van der Waals surface area (Å²) in [5.74, 6) is 0.934. The standard InChI is InChI=1S/C9H12N2OS2/c12-7-3-5-11(6-7)9-8(14-13)2-1-4-10-9/h1-2,4,7,12-13H,3,5-6H2. The van der Waals surface area contributed by atoms with Crippen LogP contribution in [0.5, 0.6) is 0 Å². The molecule has 1 saturated heterocycles. The van der Waals surface area contributed by atoms with Crippen LogP contribution in [-0.4, -0.2) is 29.3 Å². The fourth-order valence-corrected chi connectivity index (χ4v) is 2.46. The lowest BCUT2D eigenvalue weighted by molar-refractivity contribution is 0.198. The number of aliphatic hydroxyl groups excluding tert-OH is 1. The van der Waals surface area contributed by atoms with Crippen LogP contribution in [0.4, 0.5) is 5.82 Å². The van der Waals surface area contributed by atoms with E-state index in [1.54, 1.807) is 6.20 Å². The first-order valence-electron chi connectivity index (χ1n) is 4.50. The molecule has 0 radical (unpaired) electrons. The molecule has 5 heteroatoms. The predicted molar refractivity (Wildman–Crippen MR) is 61.9 cm³/mol. The van der Waals surface area contributed by atoms with Crippen LogP contribution in [0.2, 0.25) is 0 Å². The van der Waals surface area contributed by atoms with Crippen molar-refractivity contribution < 1.29 is 5.11 Å². The fraction of sp³-hybridized carbons (Fsp3) is 0.444. The number of aliphatic hydroxyl groups is 1. The van der Waals surface area contributed by atoms with E-state index in [1.807, 2.05) is 12.1 Å². The molecular weight excluding hydrogens is 216 g/mol. The second kappa shape index (κ2) is 4.42. The average molecular weight is 228 g/mol. The van der Waals surface area contributed by atoms with E-state index in [0.29, 0.717) is 6.54 Å². The van der Waals surface area contributed by atoms with Gasteiger partial charge in [-0.3, -0.25) is 0 Å². The number of aromatic nitrogens is 1. The molecule has 1 aromatic rings. The minimum atomic E-state index is -0.213. The van der Waals surface area contributed by atoms with Crippen molar-refractivity contribution in [2.45, 2.75) is 17.4 Å². The minimum Gasteiger partial charge on any atom is -0.391 e. The van der Waals surface area contributed by atoms with E-state index in [2.05, 4.69) is 21.5 Å². The molecule has 0 amide bonds. The third kappa shape index (κ3) is 1.99. The molecule has 1 unspecified atom stereocenters. The molecule has 0 saturated carbocycles. The average Bonchev–Trinajstić information content (AvgIpc) is 2.65. The molecule has 0 spiro atoms. The molecule has 2 rings (SSSR count). The van der Waals surface area contributed by atoms with Gasteiger partial charge in [0.2, 0.25) is 0 Å². The summed E-state index contributed by atoms with van der Waals surface area (Å²) in [4.78, 5) is 7.46. The first-order chi connectivity index (χ1) is 6.81. The first kappa shape index (κ1) is 10.1. The minimum absolute atomic E-state index is 0.213. The molecule has 0 bridgehead atoms. The van der Waals surface area contributed by atoms with Gasteiger partial charge in [0.1, 0.15) is 5.82 Å². The van der Waals surface area contributed by atoms with Crippen LogP contribution in [-0.2, 0) is 0 Å². The van der Waals surface area contributed by atoms with E-state index in [0.717, 1.165) is 23.7 Å². The van der Waals surface area contributed by atoms with Crippen LogP contribution in [0.1, 0.15) is 6.42 Å². The van der Waals surface area contributed by atoms with Crippen molar-refractivity contribution >= 4 is 28.3 Å². The number of β-amino-alcohol motifs (C(OH)–C–C–N with tert-alkyl or cyclic N) is 1. The molecule has 1 atom stereocenters. The zero-order valence-corrected chi connectivity index (χ0v) is 9.34. The number of thiol groups is 1. The number of anilines is 1. The molecule has 14 heavy (non-hydrogen) atoms. The quantitative estimate of drug-likeness (QED) is 0.595. The molecule has 1 N–H and O–H groups in total. The summed E-state index contributed by atoms with van der Waals surface area (Å²) in [6, 6.07) is 3.89. The predicted octanol–water partition coefficient (Wildman–Crippen LogP) is 1.59. The summed E-state index contributed by atoms with van der Waals surface area (Å²) in [6.07, 6.45) is 2.38. The first-order valence-corrected chi connectivity index (χ1v) is 6.37. The second-order valence-corrected chi connectivity index (χ2v) is 4.48. The molecule has 3 nitrogen and oxygen atoms in total. The summed E-state index contributed by atoms with van der Waals surface area (Å²) < 4.78 is 0. The van der Waals surface area contributed by atoms with Gasteiger partial charge >= 0.3 is 0 Å². The number of hydrogen-bond acceptors (Lipinski definition) is 5. The van der Waals surface area contributed by atoms with Gasteiger partial charge in [0.05, 0.1) is 11.0 Å².